The van der Waals surface area contributed by atoms with Crippen molar-refractivity contribution in [3.05, 3.63) is 29.3 Å². The Kier molecular flexibility index (Phi) is 5.86. The van der Waals surface area contributed by atoms with Crippen molar-refractivity contribution < 1.29 is 14.6 Å². The van der Waals surface area contributed by atoms with Gasteiger partial charge in [0.15, 0.2) is 0 Å². The van der Waals surface area contributed by atoms with E-state index in [0.29, 0.717) is 11.4 Å². The van der Waals surface area contributed by atoms with Crippen molar-refractivity contribution in [3.8, 4) is 0 Å². The predicted molar refractivity (Wildman–Crippen MR) is 70.5 cm³/mol. The number of carboxylic acids is 1. The minimum Gasteiger partial charge on any atom is -0.478 e. The summed E-state index contributed by atoms with van der Waals surface area (Å²) < 4.78 is 4.95. The quantitative estimate of drug-likeness (QED) is 0.577. The van der Waals surface area contributed by atoms with E-state index in [-0.39, 0.29) is 5.56 Å². The Morgan fingerprint density at radius 3 is 2.94 bits per heavy atom. The smallest absolute Gasteiger partial charge is 0.338 e. The first-order valence-corrected chi connectivity index (χ1v) is 6.49. The SMILES string of the molecule is COCCCSCc1cccc(N)c1C(=O)O. The number of anilines is 1. The zero-order valence-electron chi connectivity index (χ0n) is 9.81. The zero-order valence-corrected chi connectivity index (χ0v) is 10.6. The highest BCUT2D eigenvalue weighted by atomic mass is 32.2. The van der Waals surface area contributed by atoms with E-state index in [1.807, 2.05) is 6.07 Å². The van der Waals surface area contributed by atoms with Crippen molar-refractivity contribution in [1.29, 1.82) is 0 Å². The average molecular weight is 255 g/mol. The van der Waals surface area contributed by atoms with Crippen molar-refractivity contribution >= 4 is 23.4 Å². The third kappa shape index (κ3) is 4.28. The fourth-order valence-electron chi connectivity index (χ4n) is 1.49. The standard InChI is InChI=1S/C12H17NO3S/c1-16-6-3-7-17-8-9-4-2-5-10(13)11(9)12(14)15/h2,4-5H,3,6-8,13H2,1H3,(H,14,15). The molecule has 0 aliphatic heterocycles. The number of hydrogen-bond donors (Lipinski definition) is 2. The van der Waals surface area contributed by atoms with Crippen molar-refractivity contribution in [2.24, 2.45) is 0 Å². The van der Waals surface area contributed by atoms with E-state index in [4.69, 9.17) is 15.6 Å². The van der Waals surface area contributed by atoms with Gasteiger partial charge in [0.05, 0.1) is 5.56 Å². The third-order valence-electron chi connectivity index (χ3n) is 2.29. The molecule has 0 bridgehead atoms. The summed E-state index contributed by atoms with van der Waals surface area (Å²) in [4.78, 5) is 11.1. The number of hydrogen-bond acceptors (Lipinski definition) is 4. The topological polar surface area (TPSA) is 72.5 Å². The van der Waals surface area contributed by atoms with Crippen molar-refractivity contribution in [2.75, 3.05) is 25.2 Å². The van der Waals surface area contributed by atoms with Gasteiger partial charge >= 0.3 is 5.97 Å². The van der Waals surface area contributed by atoms with Crippen LogP contribution in [0.2, 0.25) is 0 Å². The number of ether oxygens (including phenoxy) is 1. The maximum absolute atomic E-state index is 11.1. The lowest BCUT2D eigenvalue weighted by molar-refractivity contribution is 0.0697. The molecule has 0 radical (unpaired) electrons. The van der Waals surface area contributed by atoms with E-state index in [1.54, 1.807) is 31.0 Å². The van der Waals surface area contributed by atoms with Crippen molar-refractivity contribution in [2.45, 2.75) is 12.2 Å². The van der Waals surface area contributed by atoms with Crippen LogP contribution in [0.4, 0.5) is 5.69 Å². The Balaban J connectivity index is 2.58. The molecule has 0 amide bonds. The average Bonchev–Trinajstić information content (AvgIpc) is 2.28. The molecule has 0 spiro atoms. The van der Waals surface area contributed by atoms with E-state index in [1.165, 1.54) is 0 Å². The minimum atomic E-state index is -0.962. The summed E-state index contributed by atoms with van der Waals surface area (Å²) in [5, 5.41) is 9.08. The number of thioether (sulfide) groups is 1. The molecule has 94 valence electrons. The van der Waals surface area contributed by atoms with Crippen LogP contribution in [-0.4, -0.2) is 30.5 Å². The van der Waals surface area contributed by atoms with Gasteiger partial charge in [-0.1, -0.05) is 12.1 Å². The predicted octanol–water partition coefficient (Wildman–Crippen LogP) is 2.24. The fraction of sp³-hybridized carbons (Fsp3) is 0.417. The van der Waals surface area contributed by atoms with Crippen LogP contribution in [-0.2, 0) is 10.5 Å². The molecule has 0 aromatic heterocycles. The minimum absolute atomic E-state index is 0.228. The molecular formula is C12H17NO3S. The molecule has 0 atom stereocenters. The second-order valence-electron chi connectivity index (χ2n) is 3.59. The molecule has 1 rings (SSSR count). The molecule has 0 fully saturated rings. The van der Waals surface area contributed by atoms with Crippen LogP contribution in [0.5, 0.6) is 0 Å². The van der Waals surface area contributed by atoms with Gasteiger partial charge in [0.1, 0.15) is 0 Å². The lowest BCUT2D eigenvalue weighted by atomic mass is 10.1. The molecule has 0 saturated carbocycles. The summed E-state index contributed by atoms with van der Waals surface area (Å²) in [6.07, 6.45) is 0.964. The van der Waals surface area contributed by atoms with Gasteiger partial charge in [-0.15, -0.1) is 0 Å². The molecule has 1 aromatic carbocycles. The number of rotatable bonds is 7. The highest BCUT2D eigenvalue weighted by molar-refractivity contribution is 7.98. The molecular weight excluding hydrogens is 238 g/mol. The number of nitrogens with two attached hydrogens (primary N) is 1. The maximum Gasteiger partial charge on any atom is 0.338 e. The number of carboxylic acid groups (broad SMARTS) is 1. The van der Waals surface area contributed by atoms with E-state index in [9.17, 15) is 4.79 Å². The number of benzene rings is 1. The summed E-state index contributed by atoms with van der Waals surface area (Å²) >= 11 is 1.69. The summed E-state index contributed by atoms with van der Waals surface area (Å²) in [7, 11) is 1.67. The Bertz CT molecular complexity index is 382. The zero-order chi connectivity index (χ0) is 12.7. The number of carbonyl (C=O) groups is 1. The second-order valence-corrected chi connectivity index (χ2v) is 4.69. The number of nitrogen functional groups attached to an aromatic ring is 1. The van der Waals surface area contributed by atoms with Crippen LogP contribution in [0.1, 0.15) is 22.3 Å². The highest BCUT2D eigenvalue weighted by Crippen LogP contribution is 2.22. The van der Waals surface area contributed by atoms with Crippen molar-refractivity contribution in [1.82, 2.24) is 0 Å². The summed E-state index contributed by atoms with van der Waals surface area (Å²) in [6, 6.07) is 5.21. The molecule has 0 aliphatic rings. The molecule has 0 unspecified atom stereocenters. The first kappa shape index (κ1) is 13.9. The van der Waals surface area contributed by atoms with Gasteiger partial charge in [0.2, 0.25) is 0 Å². The Morgan fingerprint density at radius 1 is 1.53 bits per heavy atom. The number of methoxy groups -OCH3 is 1. The fourth-order valence-corrected chi connectivity index (χ4v) is 2.42. The number of aromatic carboxylic acids is 1. The maximum atomic E-state index is 11.1. The molecule has 3 N–H and O–H groups in total. The largest absolute Gasteiger partial charge is 0.478 e. The monoisotopic (exact) mass is 255 g/mol. The first-order valence-electron chi connectivity index (χ1n) is 5.34. The van der Waals surface area contributed by atoms with Crippen LogP contribution in [0.25, 0.3) is 0 Å². The van der Waals surface area contributed by atoms with Gasteiger partial charge in [-0.25, -0.2) is 4.79 Å². The van der Waals surface area contributed by atoms with Crippen LogP contribution >= 0.6 is 11.8 Å². The Morgan fingerprint density at radius 2 is 2.29 bits per heavy atom. The molecule has 0 saturated heterocycles. The van der Waals surface area contributed by atoms with Gasteiger partial charge in [-0.2, -0.15) is 11.8 Å². The van der Waals surface area contributed by atoms with E-state index >= 15 is 0 Å². The van der Waals surface area contributed by atoms with Crippen LogP contribution < -0.4 is 5.73 Å². The van der Waals surface area contributed by atoms with Gasteiger partial charge in [0, 0.05) is 25.2 Å². The van der Waals surface area contributed by atoms with E-state index < -0.39 is 5.97 Å². The molecule has 4 nitrogen and oxygen atoms in total. The van der Waals surface area contributed by atoms with Gasteiger partial charge < -0.3 is 15.6 Å². The van der Waals surface area contributed by atoms with Gasteiger partial charge in [0.25, 0.3) is 0 Å². The van der Waals surface area contributed by atoms with E-state index in [2.05, 4.69) is 0 Å². The van der Waals surface area contributed by atoms with Crippen molar-refractivity contribution in [3.63, 3.8) is 0 Å². The van der Waals surface area contributed by atoms with Gasteiger partial charge in [-0.3, -0.25) is 0 Å². The first-order chi connectivity index (χ1) is 8.16. The molecule has 0 heterocycles. The molecule has 17 heavy (non-hydrogen) atoms. The second kappa shape index (κ2) is 7.19. The molecule has 0 aliphatic carbocycles. The summed E-state index contributed by atoms with van der Waals surface area (Å²) in [6.45, 7) is 0.732. The summed E-state index contributed by atoms with van der Waals surface area (Å²) in [5.74, 6) is 0.647. The lowest BCUT2D eigenvalue weighted by Gasteiger charge is -2.08. The normalized spacial score (nSPS) is 10.4. The Hall–Kier alpha value is -1.20. The molecule has 5 heteroatoms. The van der Waals surface area contributed by atoms with Gasteiger partial charge in [-0.05, 0) is 23.8 Å². The Labute approximate surface area is 105 Å². The van der Waals surface area contributed by atoms with Crippen LogP contribution in [0, 0.1) is 0 Å². The molecule has 1 aromatic rings. The lowest BCUT2D eigenvalue weighted by Crippen LogP contribution is -2.06. The highest BCUT2D eigenvalue weighted by Gasteiger charge is 2.12. The van der Waals surface area contributed by atoms with Crippen LogP contribution in [0.15, 0.2) is 18.2 Å². The van der Waals surface area contributed by atoms with Crippen LogP contribution in [0.3, 0.4) is 0 Å². The third-order valence-corrected chi connectivity index (χ3v) is 3.38. The summed E-state index contributed by atoms with van der Waals surface area (Å²) in [5.41, 5.74) is 7.00. The van der Waals surface area contributed by atoms with E-state index in [0.717, 1.165) is 24.3 Å².